The molecule has 0 saturated carbocycles. The normalized spacial score (nSPS) is 18.8. The molecule has 30 heavy (non-hydrogen) atoms. The first kappa shape index (κ1) is 19.5. The Balaban J connectivity index is 1.38. The summed E-state index contributed by atoms with van der Waals surface area (Å²) < 4.78 is 1.69. The van der Waals surface area contributed by atoms with Crippen LogP contribution in [0.1, 0.15) is 36.0 Å². The molecule has 0 radical (unpaired) electrons. The topological polar surface area (TPSA) is 57.5 Å². The molecule has 1 amide bonds. The number of piperidine rings is 2. The van der Waals surface area contributed by atoms with Gasteiger partial charge in [0.1, 0.15) is 0 Å². The average Bonchev–Trinajstić information content (AvgIpc) is 3.12. The predicted octanol–water partition coefficient (Wildman–Crippen LogP) is 4.60. The van der Waals surface area contributed by atoms with E-state index in [0.29, 0.717) is 21.4 Å². The van der Waals surface area contributed by atoms with E-state index in [9.17, 15) is 9.90 Å². The lowest BCUT2D eigenvalue weighted by Crippen LogP contribution is -2.47. The molecular weight excluding hydrogens is 398 g/mol. The van der Waals surface area contributed by atoms with Crippen LogP contribution in [0.5, 0.6) is 5.88 Å². The smallest absolute Gasteiger partial charge is 0.253 e. The largest absolute Gasteiger partial charge is 0.494 e. The van der Waals surface area contributed by atoms with Gasteiger partial charge < -0.3 is 15.3 Å². The Morgan fingerprint density at radius 3 is 2.50 bits per heavy atom. The molecule has 3 heterocycles. The first-order valence-electron chi connectivity index (χ1n) is 10.7. The Labute approximate surface area is 181 Å². The minimum absolute atomic E-state index is 0.0647. The van der Waals surface area contributed by atoms with Crippen LogP contribution in [0.3, 0.4) is 0 Å². The summed E-state index contributed by atoms with van der Waals surface area (Å²) in [6.07, 6.45) is 6.45. The van der Waals surface area contributed by atoms with Crippen LogP contribution in [0.2, 0.25) is 5.02 Å². The van der Waals surface area contributed by atoms with Crippen molar-refractivity contribution in [1.29, 1.82) is 0 Å². The van der Waals surface area contributed by atoms with E-state index in [0.717, 1.165) is 50.1 Å². The molecule has 3 aromatic rings. The summed E-state index contributed by atoms with van der Waals surface area (Å²) in [5, 5.41) is 16.2. The van der Waals surface area contributed by atoms with Crippen LogP contribution >= 0.6 is 11.6 Å². The number of aromatic hydroxyl groups is 1. The van der Waals surface area contributed by atoms with Crippen molar-refractivity contribution in [3.8, 4) is 11.6 Å². The fourth-order valence-corrected chi connectivity index (χ4v) is 5.28. The number of hydrogen-bond donors (Lipinski definition) is 2. The molecule has 156 valence electrons. The van der Waals surface area contributed by atoms with E-state index < -0.39 is 0 Å². The second-order valence-electron chi connectivity index (χ2n) is 8.62. The number of amides is 1. The highest BCUT2D eigenvalue weighted by Crippen LogP contribution is 2.40. The van der Waals surface area contributed by atoms with E-state index in [1.165, 1.54) is 12.8 Å². The van der Waals surface area contributed by atoms with Gasteiger partial charge >= 0.3 is 0 Å². The van der Waals surface area contributed by atoms with Gasteiger partial charge in [-0.05, 0) is 68.5 Å². The number of likely N-dealkylation sites (tertiary alicyclic amines) is 1. The highest BCUT2D eigenvalue weighted by molar-refractivity contribution is 6.36. The minimum atomic E-state index is 0.0647. The Morgan fingerprint density at radius 1 is 1.03 bits per heavy atom. The minimum Gasteiger partial charge on any atom is -0.494 e. The van der Waals surface area contributed by atoms with Crippen LogP contribution in [0.15, 0.2) is 48.7 Å². The molecule has 1 aromatic heterocycles. The number of carbonyl (C=O) groups is 1. The maximum atomic E-state index is 13.2. The lowest BCUT2D eigenvalue weighted by atomic mass is 9.71. The summed E-state index contributed by atoms with van der Waals surface area (Å²) in [5.41, 5.74) is 1.81. The fraction of sp³-hybridized carbons (Fsp3) is 0.375. The molecule has 2 aliphatic heterocycles. The van der Waals surface area contributed by atoms with Crippen molar-refractivity contribution in [2.75, 3.05) is 26.2 Å². The molecule has 6 heteroatoms. The number of aromatic nitrogens is 1. The quantitative estimate of drug-likeness (QED) is 0.633. The zero-order valence-corrected chi connectivity index (χ0v) is 17.7. The van der Waals surface area contributed by atoms with Gasteiger partial charge in [0.15, 0.2) is 0 Å². The number of hydrogen-bond acceptors (Lipinski definition) is 3. The van der Waals surface area contributed by atoms with Gasteiger partial charge in [-0.15, -0.1) is 0 Å². The van der Waals surface area contributed by atoms with E-state index in [4.69, 9.17) is 11.6 Å². The van der Waals surface area contributed by atoms with Crippen LogP contribution in [0, 0.1) is 5.41 Å². The first-order valence-corrected chi connectivity index (χ1v) is 11.0. The van der Waals surface area contributed by atoms with Gasteiger partial charge in [0.2, 0.25) is 5.88 Å². The molecule has 1 spiro atoms. The monoisotopic (exact) mass is 423 g/mol. The molecule has 2 N–H and O–H groups in total. The summed E-state index contributed by atoms with van der Waals surface area (Å²) in [4.78, 5) is 15.2. The third-order valence-electron chi connectivity index (χ3n) is 6.91. The van der Waals surface area contributed by atoms with Crippen molar-refractivity contribution in [2.45, 2.75) is 25.7 Å². The second-order valence-corrected chi connectivity index (χ2v) is 9.03. The summed E-state index contributed by atoms with van der Waals surface area (Å²) >= 11 is 6.27. The zero-order chi connectivity index (χ0) is 20.7. The van der Waals surface area contributed by atoms with Crippen LogP contribution in [-0.2, 0) is 0 Å². The third-order valence-corrected chi connectivity index (χ3v) is 7.23. The van der Waals surface area contributed by atoms with Crippen molar-refractivity contribution in [1.82, 2.24) is 14.8 Å². The van der Waals surface area contributed by atoms with Gasteiger partial charge in [0.05, 0.1) is 10.4 Å². The molecule has 2 saturated heterocycles. The average molecular weight is 424 g/mol. The first-order chi connectivity index (χ1) is 14.6. The summed E-state index contributed by atoms with van der Waals surface area (Å²) in [6.45, 7) is 3.82. The summed E-state index contributed by atoms with van der Waals surface area (Å²) in [5.74, 6) is 0.154. The van der Waals surface area contributed by atoms with Gasteiger partial charge in [-0.25, -0.2) is 0 Å². The summed E-state index contributed by atoms with van der Waals surface area (Å²) in [7, 11) is 0. The van der Waals surface area contributed by atoms with Crippen molar-refractivity contribution in [2.24, 2.45) is 5.41 Å². The van der Waals surface area contributed by atoms with E-state index in [1.54, 1.807) is 10.6 Å². The maximum absolute atomic E-state index is 13.2. The lowest BCUT2D eigenvalue weighted by molar-refractivity contribution is 0.0495. The van der Waals surface area contributed by atoms with Crippen LogP contribution in [0.25, 0.3) is 16.5 Å². The van der Waals surface area contributed by atoms with Crippen LogP contribution in [0.4, 0.5) is 0 Å². The van der Waals surface area contributed by atoms with E-state index in [2.05, 4.69) is 5.32 Å². The number of benzene rings is 2. The molecule has 5 nitrogen and oxygen atoms in total. The molecule has 5 rings (SSSR count). The molecule has 2 fully saturated rings. The molecule has 0 bridgehead atoms. The van der Waals surface area contributed by atoms with Crippen LogP contribution in [-0.4, -0.2) is 46.7 Å². The highest BCUT2D eigenvalue weighted by Gasteiger charge is 2.36. The number of nitrogens with zero attached hydrogens (tertiary/aromatic N) is 2. The Bertz CT molecular complexity index is 1090. The standard InChI is InChI=1S/C24H26ClN3O2/c25-20-6-2-4-18-16-28(23(30)21(18)20)19-5-1-3-17(15-19)22(29)27-13-9-24(10-14-27)7-11-26-12-8-24/h1-6,15-16,26,30H,7-14H2. The number of fused-ring (bicyclic) bond motifs is 1. The molecule has 0 unspecified atom stereocenters. The van der Waals surface area contributed by atoms with E-state index >= 15 is 0 Å². The fourth-order valence-electron chi connectivity index (χ4n) is 5.01. The van der Waals surface area contributed by atoms with Gasteiger partial charge in [-0.1, -0.05) is 29.8 Å². The van der Waals surface area contributed by atoms with Gasteiger partial charge in [-0.2, -0.15) is 0 Å². The number of carbonyl (C=O) groups excluding carboxylic acids is 1. The van der Waals surface area contributed by atoms with Crippen molar-refractivity contribution in [3.05, 3.63) is 59.2 Å². The number of halogens is 1. The molecule has 0 atom stereocenters. The lowest BCUT2D eigenvalue weighted by Gasteiger charge is -2.44. The van der Waals surface area contributed by atoms with Gasteiger partial charge in [0.25, 0.3) is 5.91 Å². The molecular formula is C24H26ClN3O2. The second kappa shape index (κ2) is 7.64. The van der Waals surface area contributed by atoms with Crippen molar-refractivity contribution in [3.63, 3.8) is 0 Å². The highest BCUT2D eigenvalue weighted by atomic mass is 35.5. The predicted molar refractivity (Wildman–Crippen MR) is 120 cm³/mol. The maximum Gasteiger partial charge on any atom is 0.253 e. The van der Waals surface area contributed by atoms with E-state index in [1.807, 2.05) is 47.5 Å². The Kier molecular flexibility index (Phi) is 4.95. The molecule has 0 aliphatic carbocycles. The molecule has 2 aromatic carbocycles. The van der Waals surface area contributed by atoms with Gasteiger partial charge in [-0.3, -0.25) is 9.36 Å². The Hall–Kier alpha value is -2.50. The van der Waals surface area contributed by atoms with Gasteiger partial charge in [0, 0.05) is 35.9 Å². The Morgan fingerprint density at radius 2 is 1.77 bits per heavy atom. The van der Waals surface area contributed by atoms with E-state index in [-0.39, 0.29) is 11.8 Å². The number of nitrogens with one attached hydrogen (secondary N) is 1. The van der Waals surface area contributed by atoms with Crippen LogP contribution < -0.4 is 5.32 Å². The third kappa shape index (κ3) is 3.36. The summed E-state index contributed by atoms with van der Waals surface area (Å²) in [6, 6.07) is 13.0. The SMILES string of the molecule is O=C(c1cccc(-n2cc3cccc(Cl)c3c2O)c1)N1CCC2(CCNCC2)CC1. The van der Waals surface area contributed by atoms with Crippen molar-refractivity contribution >= 4 is 28.3 Å². The van der Waals surface area contributed by atoms with Crippen molar-refractivity contribution < 1.29 is 9.90 Å². The number of rotatable bonds is 2. The zero-order valence-electron chi connectivity index (χ0n) is 16.9. The molecule has 2 aliphatic rings.